The maximum absolute atomic E-state index is 9.34. The second-order valence-corrected chi connectivity index (χ2v) is 5.67. The lowest BCUT2D eigenvalue weighted by molar-refractivity contribution is 0.474. The van der Waals surface area contributed by atoms with Crippen molar-refractivity contribution in [1.82, 2.24) is 5.32 Å². The molecule has 88 valence electrons. The van der Waals surface area contributed by atoms with Gasteiger partial charge in [-0.25, -0.2) is 0 Å². The van der Waals surface area contributed by atoms with Crippen LogP contribution in [0.15, 0.2) is 24.3 Å². The Morgan fingerprint density at radius 1 is 1.44 bits per heavy atom. The summed E-state index contributed by atoms with van der Waals surface area (Å²) in [6, 6.07) is 7.58. The zero-order chi connectivity index (χ0) is 11.2. The molecule has 0 aromatic heterocycles. The summed E-state index contributed by atoms with van der Waals surface area (Å²) >= 11 is 2.05. The molecule has 1 aromatic rings. The molecule has 2 N–H and O–H groups in total. The molecule has 1 aliphatic rings. The van der Waals surface area contributed by atoms with E-state index in [2.05, 4.69) is 23.1 Å². The van der Waals surface area contributed by atoms with Crippen LogP contribution in [-0.2, 0) is 6.42 Å². The van der Waals surface area contributed by atoms with E-state index in [1.165, 1.54) is 24.9 Å². The van der Waals surface area contributed by atoms with Crippen molar-refractivity contribution in [2.24, 2.45) is 0 Å². The van der Waals surface area contributed by atoms with Gasteiger partial charge in [-0.1, -0.05) is 12.1 Å². The van der Waals surface area contributed by atoms with Gasteiger partial charge in [0.05, 0.1) is 0 Å². The molecule has 0 radical (unpaired) electrons. The monoisotopic (exact) mass is 237 g/mol. The van der Waals surface area contributed by atoms with Gasteiger partial charge in [-0.05, 0) is 49.3 Å². The minimum Gasteiger partial charge on any atom is -0.508 e. The quantitative estimate of drug-likeness (QED) is 0.843. The summed E-state index contributed by atoms with van der Waals surface area (Å²) in [5.41, 5.74) is 1.23. The molecule has 1 unspecified atom stereocenters. The van der Waals surface area contributed by atoms with Crippen LogP contribution in [0.5, 0.6) is 5.75 Å². The molecule has 0 aliphatic carbocycles. The van der Waals surface area contributed by atoms with E-state index >= 15 is 0 Å². The number of aryl methyl sites for hydroxylation is 1. The fraction of sp³-hybridized carbons (Fsp3) is 0.538. The summed E-state index contributed by atoms with van der Waals surface area (Å²) in [6.45, 7) is 2.34. The number of hydrogen-bond acceptors (Lipinski definition) is 3. The standard InChI is InChI=1S/C13H19NOS/c15-12-4-1-3-11(9-12)6-8-16-13-5-2-7-14-10-13/h1,3-4,9,13-15H,2,5-8,10H2. The molecule has 16 heavy (non-hydrogen) atoms. The Morgan fingerprint density at radius 3 is 3.12 bits per heavy atom. The van der Waals surface area contributed by atoms with Crippen molar-refractivity contribution >= 4 is 11.8 Å². The highest BCUT2D eigenvalue weighted by atomic mass is 32.2. The number of piperidine rings is 1. The number of rotatable bonds is 4. The molecule has 1 heterocycles. The number of nitrogens with one attached hydrogen (secondary N) is 1. The smallest absolute Gasteiger partial charge is 0.115 e. The van der Waals surface area contributed by atoms with Gasteiger partial charge >= 0.3 is 0 Å². The summed E-state index contributed by atoms with van der Waals surface area (Å²) in [4.78, 5) is 0. The zero-order valence-corrected chi connectivity index (χ0v) is 10.3. The molecule has 0 amide bonds. The number of benzene rings is 1. The number of hydrogen-bond donors (Lipinski definition) is 2. The Morgan fingerprint density at radius 2 is 2.38 bits per heavy atom. The van der Waals surface area contributed by atoms with E-state index in [1.807, 2.05) is 12.1 Å². The van der Waals surface area contributed by atoms with Gasteiger partial charge in [-0.2, -0.15) is 11.8 Å². The predicted molar refractivity (Wildman–Crippen MR) is 70.2 cm³/mol. The Bertz CT molecular complexity index is 323. The first kappa shape index (κ1) is 11.8. The maximum Gasteiger partial charge on any atom is 0.115 e. The fourth-order valence-electron chi connectivity index (χ4n) is 2.02. The number of thioether (sulfide) groups is 1. The first-order valence-corrected chi connectivity index (χ1v) is 7.00. The first-order valence-electron chi connectivity index (χ1n) is 5.95. The molecule has 1 fully saturated rings. The minimum atomic E-state index is 0.377. The van der Waals surface area contributed by atoms with Crippen molar-refractivity contribution < 1.29 is 5.11 Å². The molecule has 1 atom stereocenters. The normalized spacial score (nSPS) is 20.9. The van der Waals surface area contributed by atoms with Gasteiger partial charge in [-0.3, -0.25) is 0 Å². The molecule has 0 saturated carbocycles. The van der Waals surface area contributed by atoms with Gasteiger partial charge in [0, 0.05) is 11.8 Å². The van der Waals surface area contributed by atoms with Crippen LogP contribution >= 0.6 is 11.8 Å². The SMILES string of the molecule is Oc1cccc(CCSC2CCCNC2)c1. The predicted octanol–water partition coefficient (Wildman–Crippen LogP) is 2.42. The average Bonchev–Trinajstić information content (AvgIpc) is 2.30. The average molecular weight is 237 g/mol. The zero-order valence-electron chi connectivity index (χ0n) is 9.48. The summed E-state index contributed by atoms with van der Waals surface area (Å²) < 4.78 is 0. The molecule has 1 aliphatic heterocycles. The molecule has 1 saturated heterocycles. The molecule has 2 nitrogen and oxygen atoms in total. The summed E-state index contributed by atoms with van der Waals surface area (Å²) in [7, 11) is 0. The Hall–Kier alpha value is -0.670. The topological polar surface area (TPSA) is 32.3 Å². The van der Waals surface area contributed by atoms with Crippen molar-refractivity contribution in [1.29, 1.82) is 0 Å². The van der Waals surface area contributed by atoms with E-state index in [0.717, 1.165) is 24.0 Å². The van der Waals surface area contributed by atoms with Crippen LogP contribution in [-0.4, -0.2) is 29.2 Å². The van der Waals surface area contributed by atoms with E-state index < -0.39 is 0 Å². The van der Waals surface area contributed by atoms with Crippen LogP contribution in [0, 0.1) is 0 Å². The third kappa shape index (κ3) is 3.72. The molecule has 1 aromatic carbocycles. The van der Waals surface area contributed by atoms with Crippen LogP contribution in [0.1, 0.15) is 18.4 Å². The van der Waals surface area contributed by atoms with Crippen LogP contribution < -0.4 is 5.32 Å². The first-order chi connectivity index (χ1) is 7.84. The highest BCUT2D eigenvalue weighted by Gasteiger charge is 2.12. The molecular weight excluding hydrogens is 218 g/mol. The van der Waals surface area contributed by atoms with Gasteiger partial charge in [0.1, 0.15) is 5.75 Å². The fourth-order valence-corrected chi connectivity index (χ4v) is 3.27. The van der Waals surface area contributed by atoms with Crippen molar-refractivity contribution in [3.8, 4) is 5.75 Å². The van der Waals surface area contributed by atoms with Crippen molar-refractivity contribution in [3.63, 3.8) is 0 Å². The number of phenols is 1. The largest absolute Gasteiger partial charge is 0.508 e. The van der Waals surface area contributed by atoms with E-state index in [-0.39, 0.29) is 0 Å². The van der Waals surface area contributed by atoms with Crippen LogP contribution in [0.2, 0.25) is 0 Å². The third-order valence-corrected chi connectivity index (χ3v) is 4.22. The van der Waals surface area contributed by atoms with E-state index in [9.17, 15) is 5.11 Å². The Balaban J connectivity index is 1.71. The third-order valence-electron chi connectivity index (χ3n) is 2.91. The Kier molecular flexibility index (Phi) is 4.55. The maximum atomic E-state index is 9.34. The van der Waals surface area contributed by atoms with Gasteiger partial charge in [0.15, 0.2) is 0 Å². The second kappa shape index (κ2) is 6.16. The van der Waals surface area contributed by atoms with Crippen LogP contribution in [0.25, 0.3) is 0 Å². The molecule has 2 rings (SSSR count). The van der Waals surface area contributed by atoms with Crippen LogP contribution in [0.3, 0.4) is 0 Å². The minimum absolute atomic E-state index is 0.377. The van der Waals surface area contributed by atoms with E-state index in [0.29, 0.717) is 5.75 Å². The van der Waals surface area contributed by atoms with E-state index in [4.69, 9.17) is 0 Å². The van der Waals surface area contributed by atoms with Crippen LogP contribution in [0.4, 0.5) is 0 Å². The van der Waals surface area contributed by atoms with Gasteiger partial charge in [0.2, 0.25) is 0 Å². The second-order valence-electron chi connectivity index (χ2n) is 4.26. The molecule has 0 spiro atoms. The molecule has 0 bridgehead atoms. The lowest BCUT2D eigenvalue weighted by atomic mass is 10.2. The van der Waals surface area contributed by atoms with Gasteiger partial charge in [-0.15, -0.1) is 0 Å². The molecule has 3 heteroatoms. The highest BCUT2D eigenvalue weighted by Crippen LogP contribution is 2.20. The Labute approximate surface area is 101 Å². The van der Waals surface area contributed by atoms with Crippen molar-refractivity contribution in [3.05, 3.63) is 29.8 Å². The summed E-state index contributed by atoms with van der Waals surface area (Å²) in [6.07, 6.45) is 3.71. The number of aromatic hydroxyl groups is 1. The summed E-state index contributed by atoms with van der Waals surface area (Å²) in [5.74, 6) is 1.53. The van der Waals surface area contributed by atoms with Gasteiger partial charge in [0.25, 0.3) is 0 Å². The lowest BCUT2D eigenvalue weighted by Crippen LogP contribution is -2.31. The van der Waals surface area contributed by atoms with Gasteiger partial charge < -0.3 is 10.4 Å². The lowest BCUT2D eigenvalue weighted by Gasteiger charge is -2.22. The highest BCUT2D eigenvalue weighted by molar-refractivity contribution is 7.99. The van der Waals surface area contributed by atoms with Crippen molar-refractivity contribution in [2.45, 2.75) is 24.5 Å². The number of phenolic OH excluding ortho intramolecular Hbond substituents is 1. The van der Waals surface area contributed by atoms with E-state index in [1.54, 1.807) is 6.07 Å². The summed E-state index contributed by atoms with van der Waals surface area (Å²) in [5, 5.41) is 13.6. The molecular formula is C13H19NOS. The van der Waals surface area contributed by atoms with Crippen molar-refractivity contribution in [2.75, 3.05) is 18.8 Å².